The molecule has 0 aromatic heterocycles. The molecule has 0 fully saturated rings. The van der Waals surface area contributed by atoms with E-state index in [1.165, 1.54) is 0 Å². The maximum Gasteiger partial charge on any atom is 0.251 e. The fourth-order valence-electron chi connectivity index (χ4n) is 2.44. The van der Waals surface area contributed by atoms with Crippen molar-refractivity contribution in [1.82, 2.24) is 16.0 Å². The predicted octanol–water partition coefficient (Wildman–Crippen LogP) is 2.21. The molecule has 23 heavy (non-hydrogen) atoms. The first kappa shape index (κ1) is 17.1. The molecule has 0 spiro atoms. The van der Waals surface area contributed by atoms with Gasteiger partial charge in [0.1, 0.15) is 0 Å². The lowest BCUT2D eigenvalue weighted by molar-refractivity contribution is 0.0956. The third-order valence-electron chi connectivity index (χ3n) is 3.67. The van der Waals surface area contributed by atoms with Gasteiger partial charge in [0.05, 0.1) is 6.54 Å². The molecule has 0 bridgehead atoms. The van der Waals surface area contributed by atoms with Crippen molar-refractivity contribution in [2.45, 2.75) is 39.3 Å². The molecule has 5 nitrogen and oxygen atoms in total. The summed E-state index contributed by atoms with van der Waals surface area (Å²) in [5, 5.41) is 9.52. The number of hydrogen-bond acceptors (Lipinski definition) is 2. The number of nitrogens with zero attached hydrogens (tertiary/aromatic N) is 1. The number of hydrogen-bond donors (Lipinski definition) is 3. The number of guanidine groups is 1. The van der Waals surface area contributed by atoms with Gasteiger partial charge in [0.2, 0.25) is 0 Å². The maximum atomic E-state index is 11.7. The van der Waals surface area contributed by atoms with Gasteiger partial charge < -0.3 is 16.0 Å². The lowest BCUT2D eigenvalue weighted by atomic mass is 10.1. The average molecular weight is 314 g/mol. The minimum atomic E-state index is -0.0358. The van der Waals surface area contributed by atoms with Crippen LogP contribution in [0.2, 0.25) is 0 Å². The SMILES string of the molecule is CCNC(=O)c1ccc(CN=C(NCC)NC2CC=CC2)cc1. The van der Waals surface area contributed by atoms with E-state index < -0.39 is 0 Å². The van der Waals surface area contributed by atoms with Crippen LogP contribution < -0.4 is 16.0 Å². The monoisotopic (exact) mass is 314 g/mol. The molecule has 3 N–H and O–H groups in total. The Kier molecular flexibility index (Phi) is 6.66. The van der Waals surface area contributed by atoms with E-state index in [2.05, 4.69) is 40.0 Å². The highest BCUT2D eigenvalue weighted by Gasteiger charge is 2.11. The smallest absolute Gasteiger partial charge is 0.251 e. The molecule has 1 amide bonds. The van der Waals surface area contributed by atoms with Gasteiger partial charge in [-0.05, 0) is 44.4 Å². The Morgan fingerprint density at radius 2 is 1.74 bits per heavy atom. The molecule has 0 saturated carbocycles. The van der Waals surface area contributed by atoms with E-state index in [9.17, 15) is 4.79 Å². The van der Waals surface area contributed by atoms with Crippen molar-refractivity contribution in [2.24, 2.45) is 4.99 Å². The first-order valence-electron chi connectivity index (χ1n) is 8.30. The van der Waals surface area contributed by atoms with Crippen LogP contribution in [0.1, 0.15) is 42.6 Å². The molecule has 124 valence electrons. The van der Waals surface area contributed by atoms with Crippen LogP contribution in [0.5, 0.6) is 0 Å². The molecule has 0 aliphatic heterocycles. The van der Waals surface area contributed by atoms with E-state index in [1.54, 1.807) is 0 Å². The summed E-state index contributed by atoms with van der Waals surface area (Å²) in [7, 11) is 0. The third-order valence-corrected chi connectivity index (χ3v) is 3.67. The van der Waals surface area contributed by atoms with E-state index in [0.29, 0.717) is 24.7 Å². The molecule has 0 saturated heterocycles. The molecule has 0 radical (unpaired) electrons. The number of rotatable bonds is 6. The minimum absolute atomic E-state index is 0.0358. The highest BCUT2D eigenvalue weighted by molar-refractivity contribution is 5.94. The van der Waals surface area contributed by atoms with Crippen molar-refractivity contribution >= 4 is 11.9 Å². The Balaban J connectivity index is 1.93. The molecule has 1 aliphatic carbocycles. The van der Waals surface area contributed by atoms with Crippen LogP contribution in [0.15, 0.2) is 41.4 Å². The summed E-state index contributed by atoms with van der Waals surface area (Å²) in [5.41, 5.74) is 1.77. The van der Waals surface area contributed by atoms with E-state index in [4.69, 9.17) is 0 Å². The second-order valence-electron chi connectivity index (χ2n) is 5.54. The fourth-order valence-corrected chi connectivity index (χ4v) is 2.44. The zero-order valence-electron chi connectivity index (χ0n) is 13.9. The molecule has 1 aromatic rings. The van der Waals surface area contributed by atoms with Crippen LogP contribution in [-0.4, -0.2) is 31.0 Å². The Morgan fingerprint density at radius 1 is 1.09 bits per heavy atom. The average Bonchev–Trinajstić information content (AvgIpc) is 3.06. The van der Waals surface area contributed by atoms with Crippen molar-refractivity contribution in [3.05, 3.63) is 47.5 Å². The van der Waals surface area contributed by atoms with Crippen LogP contribution in [0.4, 0.5) is 0 Å². The number of amides is 1. The van der Waals surface area contributed by atoms with Gasteiger partial charge >= 0.3 is 0 Å². The summed E-state index contributed by atoms with van der Waals surface area (Å²) >= 11 is 0. The van der Waals surface area contributed by atoms with Gasteiger partial charge in [-0.25, -0.2) is 4.99 Å². The molecule has 2 rings (SSSR count). The largest absolute Gasteiger partial charge is 0.357 e. The second-order valence-corrected chi connectivity index (χ2v) is 5.54. The number of carbonyl (C=O) groups is 1. The van der Waals surface area contributed by atoms with Crippen LogP contribution in [0.3, 0.4) is 0 Å². The Bertz CT molecular complexity index is 555. The molecule has 0 atom stereocenters. The van der Waals surface area contributed by atoms with E-state index in [1.807, 2.05) is 31.2 Å². The van der Waals surface area contributed by atoms with Gasteiger partial charge in [0, 0.05) is 24.7 Å². The quantitative estimate of drug-likeness (QED) is 0.428. The summed E-state index contributed by atoms with van der Waals surface area (Å²) in [6.07, 6.45) is 6.49. The summed E-state index contributed by atoms with van der Waals surface area (Å²) in [5.74, 6) is 0.806. The lowest BCUT2D eigenvalue weighted by Crippen LogP contribution is -2.42. The predicted molar refractivity (Wildman–Crippen MR) is 94.6 cm³/mol. The van der Waals surface area contributed by atoms with Gasteiger partial charge in [0.25, 0.3) is 5.91 Å². The van der Waals surface area contributed by atoms with Crippen molar-refractivity contribution in [3.63, 3.8) is 0 Å². The summed E-state index contributed by atoms with van der Waals surface area (Å²) < 4.78 is 0. The van der Waals surface area contributed by atoms with Gasteiger partial charge in [-0.1, -0.05) is 24.3 Å². The van der Waals surface area contributed by atoms with Crippen LogP contribution >= 0.6 is 0 Å². The number of benzene rings is 1. The third kappa shape index (κ3) is 5.43. The van der Waals surface area contributed by atoms with Gasteiger partial charge in [0.15, 0.2) is 5.96 Å². The summed E-state index contributed by atoms with van der Waals surface area (Å²) in [6, 6.07) is 8.03. The molecule has 1 aromatic carbocycles. The van der Waals surface area contributed by atoms with Crippen LogP contribution in [0.25, 0.3) is 0 Å². The Labute approximate surface area is 138 Å². The fraction of sp³-hybridized carbons (Fsp3) is 0.444. The van der Waals surface area contributed by atoms with Gasteiger partial charge in [-0.15, -0.1) is 0 Å². The van der Waals surface area contributed by atoms with Crippen molar-refractivity contribution < 1.29 is 4.79 Å². The second kappa shape index (κ2) is 8.98. The maximum absolute atomic E-state index is 11.7. The van der Waals surface area contributed by atoms with Crippen molar-refractivity contribution in [2.75, 3.05) is 13.1 Å². The summed E-state index contributed by atoms with van der Waals surface area (Å²) in [4.78, 5) is 16.4. The molecular weight excluding hydrogens is 288 g/mol. The number of carbonyl (C=O) groups excluding carboxylic acids is 1. The van der Waals surface area contributed by atoms with Crippen LogP contribution in [-0.2, 0) is 6.54 Å². The highest BCUT2D eigenvalue weighted by atomic mass is 16.1. The minimum Gasteiger partial charge on any atom is -0.357 e. The van der Waals surface area contributed by atoms with Crippen LogP contribution in [0, 0.1) is 0 Å². The lowest BCUT2D eigenvalue weighted by Gasteiger charge is -2.16. The van der Waals surface area contributed by atoms with E-state index >= 15 is 0 Å². The topological polar surface area (TPSA) is 65.5 Å². The molecule has 0 heterocycles. The molecule has 1 aliphatic rings. The first-order chi connectivity index (χ1) is 11.2. The number of aliphatic imine (C=N–C) groups is 1. The standard InChI is InChI=1S/C18H26N4O/c1-3-19-17(23)15-11-9-14(10-12-15)13-21-18(20-4-2)22-16-7-5-6-8-16/h5-6,9-12,16H,3-4,7-8,13H2,1-2H3,(H,19,23)(H2,20,21,22). The zero-order chi connectivity index (χ0) is 16.5. The zero-order valence-corrected chi connectivity index (χ0v) is 13.9. The Morgan fingerprint density at radius 3 is 2.35 bits per heavy atom. The molecular formula is C18H26N4O. The van der Waals surface area contributed by atoms with Crippen molar-refractivity contribution in [3.8, 4) is 0 Å². The van der Waals surface area contributed by atoms with Crippen molar-refractivity contribution in [1.29, 1.82) is 0 Å². The first-order valence-corrected chi connectivity index (χ1v) is 8.30. The molecule has 5 heteroatoms. The van der Waals surface area contributed by atoms with Gasteiger partial charge in [-0.2, -0.15) is 0 Å². The Hall–Kier alpha value is -2.30. The van der Waals surface area contributed by atoms with Gasteiger partial charge in [-0.3, -0.25) is 4.79 Å². The van der Waals surface area contributed by atoms with E-state index in [0.717, 1.165) is 30.9 Å². The molecule has 0 unspecified atom stereocenters. The normalized spacial score (nSPS) is 14.8. The highest BCUT2D eigenvalue weighted by Crippen LogP contribution is 2.09. The summed E-state index contributed by atoms with van der Waals surface area (Å²) in [6.45, 7) is 6.03. The number of nitrogens with one attached hydrogen (secondary N) is 3. The van der Waals surface area contributed by atoms with E-state index in [-0.39, 0.29) is 5.91 Å².